The molecule has 4 N–H and O–H groups in total. The summed E-state index contributed by atoms with van der Waals surface area (Å²) in [5.41, 5.74) is 7.51. The second-order valence-electron chi connectivity index (χ2n) is 4.63. The predicted octanol–water partition coefficient (Wildman–Crippen LogP) is 1.07. The summed E-state index contributed by atoms with van der Waals surface area (Å²) < 4.78 is 0. The number of hydrogen-bond donors (Lipinski definition) is 3. The highest BCUT2D eigenvalue weighted by Crippen LogP contribution is 2.08. The Balaban J connectivity index is 1.61. The molecule has 0 aliphatic carbocycles. The minimum Gasteiger partial charge on any atom is -0.399 e. The number of aromatic nitrogens is 3. The maximum Gasteiger partial charge on any atom is 0.220 e. The van der Waals surface area contributed by atoms with Gasteiger partial charge in [-0.1, -0.05) is 12.1 Å². The Kier molecular flexibility index (Phi) is 5.11. The fraction of sp³-hybridized carbons (Fsp3) is 0.357. The Morgan fingerprint density at radius 3 is 3.00 bits per heavy atom. The van der Waals surface area contributed by atoms with Gasteiger partial charge >= 0.3 is 0 Å². The molecule has 0 atom stereocenters. The fourth-order valence-corrected chi connectivity index (χ4v) is 1.93. The number of nitrogens with zero attached hydrogens (tertiary/aromatic N) is 2. The van der Waals surface area contributed by atoms with E-state index < -0.39 is 0 Å². The van der Waals surface area contributed by atoms with Crippen LogP contribution in [0, 0.1) is 0 Å². The van der Waals surface area contributed by atoms with E-state index in [1.54, 1.807) is 0 Å². The van der Waals surface area contributed by atoms with Crippen LogP contribution in [0.2, 0.25) is 0 Å². The normalized spacial score (nSPS) is 10.4. The second kappa shape index (κ2) is 7.28. The average molecular weight is 273 g/mol. The Morgan fingerprint density at radius 2 is 2.25 bits per heavy atom. The lowest BCUT2D eigenvalue weighted by atomic mass is 10.1. The predicted molar refractivity (Wildman–Crippen MR) is 76.9 cm³/mol. The molecule has 0 bridgehead atoms. The van der Waals surface area contributed by atoms with Crippen molar-refractivity contribution in [3.8, 4) is 0 Å². The Hall–Kier alpha value is -2.37. The number of carbonyl (C=O) groups excluding carboxylic acids is 1. The molecule has 1 aromatic carbocycles. The molecule has 0 saturated carbocycles. The summed E-state index contributed by atoms with van der Waals surface area (Å²) in [6.45, 7) is 0.649. The van der Waals surface area contributed by atoms with E-state index in [9.17, 15) is 4.79 Å². The monoisotopic (exact) mass is 273 g/mol. The van der Waals surface area contributed by atoms with Gasteiger partial charge in [0.05, 0.1) is 0 Å². The first kappa shape index (κ1) is 14.0. The van der Waals surface area contributed by atoms with Gasteiger partial charge in [-0.3, -0.25) is 9.89 Å². The number of amides is 1. The molecule has 1 heterocycles. The quantitative estimate of drug-likeness (QED) is 0.519. The van der Waals surface area contributed by atoms with Crippen molar-refractivity contribution in [3.63, 3.8) is 0 Å². The third kappa shape index (κ3) is 4.72. The first-order chi connectivity index (χ1) is 9.74. The lowest BCUT2D eigenvalue weighted by Crippen LogP contribution is -2.25. The molecule has 0 unspecified atom stereocenters. The molecule has 106 valence electrons. The van der Waals surface area contributed by atoms with E-state index in [1.807, 2.05) is 24.3 Å². The van der Waals surface area contributed by atoms with Crippen molar-refractivity contribution in [2.75, 3.05) is 12.3 Å². The standard InChI is InChI=1S/C14H19N5O/c15-12-4-1-3-11(9-12)6-7-14(20)16-8-2-5-13-17-10-18-19-13/h1,3-4,9-10H,2,5-8,15H2,(H,16,20)(H,17,18,19). The number of aromatic amines is 1. The third-order valence-corrected chi connectivity index (χ3v) is 2.97. The van der Waals surface area contributed by atoms with Crippen LogP contribution < -0.4 is 11.1 Å². The summed E-state index contributed by atoms with van der Waals surface area (Å²) in [6.07, 6.45) is 4.30. The van der Waals surface area contributed by atoms with E-state index in [2.05, 4.69) is 20.5 Å². The van der Waals surface area contributed by atoms with Crippen molar-refractivity contribution >= 4 is 11.6 Å². The number of nitrogens with one attached hydrogen (secondary N) is 2. The zero-order chi connectivity index (χ0) is 14.2. The average Bonchev–Trinajstić information content (AvgIpc) is 2.95. The summed E-state index contributed by atoms with van der Waals surface area (Å²) in [5.74, 6) is 0.906. The topological polar surface area (TPSA) is 96.7 Å². The van der Waals surface area contributed by atoms with Crippen molar-refractivity contribution in [1.29, 1.82) is 0 Å². The number of carbonyl (C=O) groups is 1. The van der Waals surface area contributed by atoms with E-state index in [-0.39, 0.29) is 5.91 Å². The molecule has 0 radical (unpaired) electrons. The summed E-state index contributed by atoms with van der Waals surface area (Å²) in [7, 11) is 0. The number of benzene rings is 1. The SMILES string of the molecule is Nc1cccc(CCC(=O)NCCCc2ncn[nH]2)c1. The van der Waals surface area contributed by atoms with Crippen molar-refractivity contribution in [3.05, 3.63) is 42.0 Å². The van der Waals surface area contributed by atoms with E-state index in [0.717, 1.165) is 29.9 Å². The van der Waals surface area contributed by atoms with Crippen LogP contribution in [0.25, 0.3) is 0 Å². The molecule has 1 amide bonds. The van der Waals surface area contributed by atoms with Gasteiger partial charge < -0.3 is 11.1 Å². The molecule has 6 heteroatoms. The van der Waals surface area contributed by atoms with Gasteiger partial charge in [-0.05, 0) is 30.5 Å². The first-order valence-corrected chi connectivity index (χ1v) is 6.69. The summed E-state index contributed by atoms with van der Waals surface area (Å²) in [5, 5.41) is 9.46. The molecule has 2 rings (SSSR count). The molecule has 0 saturated heterocycles. The molecule has 20 heavy (non-hydrogen) atoms. The molecular formula is C14H19N5O. The zero-order valence-corrected chi connectivity index (χ0v) is 11.3. The van der Waals surface area contributed by atoms with Gasteiger partial charge in [0, 0.05) is 25.1 Å². The van der Waals surface area contributed by atoms with Crippen LogP contribution in [-0.2, 0) is 17.6 Å². The van der Waals surface area contributed by atoms with Gasteiger partial charge in [-0.25, -0.2) is 4.98 Å². The summed E-state index contributed by atoms with van der Waals surface area (Å²) in [4.78, 5) is 15.7. The Bertz CT molecular complexity index is 538. The summed E-state index contributed by atoms with van der Waals surface area (Å²) in [6, 6.07) is 7.62. The van der Waals surface area contributed by atoms with Crippen LogP contribution in [0.3, 0.4) is 0 Å². The van der Waals surface area contributed by atoms with E-state index in [4.69, 9.17) is 5.73 Å². The van der Waals surface area contributed by atoms with Gasteiger partial charge in [0.2, 0.25) is 5.91 Å². The van der Waals surface area contributed by atoms with Crippen LogP contribution in [0.15, 0.2) is 30.6 Å². The highest BCUT2D eigenvalue weighted by molar-refractivity contribution is 5.76. The molecular weight excluding hydrogens is 254 g/mol. The van der Waals surface area contributed by atoms with Crippen molar-refractivity contribution in [2.24, 2.45) is 0 Å². The molecule has 0 spiro atoms. The molecule has 1 aromatic heterocycles. The highest BCUT2D eigenvalue weighted by Gasteiger charge is 2.02. The van der Waals surface area contributed by atoms with E-state index >= 15 is 0 Å². The molecule has 0 aliphatic heterocycles. The molecule has 0 aliphatic rings. The minimum atomic E-state index is 0.0602. The van der Waals surface area contributed by atoms with Gasteiger partial charge in [0.15, 0.2) is 0 Å². The number of hydrogen-bond acceptors (Lipinski definition) is 4. The third-order valence-electron chi connectivity index (χ3n) is 2.97. The number of anilines is 1. The number of H-pyrrole nitrogens is 1. The lowest BCUT2D eigenvalue weighted by molar-refractivity contribution is -0.121. The van der Waals surface area contributed by atoms with Gasteiger partial charge in [0.25, 0.3) is 0 Å². The minimum absolute atomic E-state index is 0.0602. The number of nitrogen functional groups attached to an aromatic ring is 1. The zero-order valence-electron chi connectivity index (χ0n) is 11.3. The molecule has 0 fully saturated rings. The van der Waals surface area contributed by atoms with Crippen molar-refractivity contribution < 1.29 is 4.79 Å². The maximum absolute atomic E-state index is 11.7. The van der Waals surface area contributed by atoms with Crippen LogP contribution in [0.1, 0.15) is 24.2 Å². The second-order valence-corrected chi connectivity index (χ2v) is 4.63. The van der Waals surface area contributed by atoms with Gasteiger partial charge in [0.1, 0.15) is 12.2 Å². The van der Waals surface area contributed by atoms with Crippen LogP contribution in [0.5, 0.6) is 0 Å². The lowest BCUT2D eigenvalue weighted by Gasteiger charge is -2.05. The summed E-state index contributed by atoms with van der Waals surface area (Å²) >= 11 is 0. The van der Waals surface area contributed by atoms with Gasteiger partial charge in [-0.15, -0.1) is 0 Å². The first-order valence-electron chi connectivity index (χ1n) is 6.69. The Labute approximate surface area is 117 Å². The van der Waals surface area contributed by atoms with Crippen LogP contribution in [0.4, 0.5) is 5.69 Å². The van der Waals surface area contributed by atoms with Crippen LogP contribution >= 0.6 is 0 Å². The molecule has 6 nitrogen and oxygen atoms in total. The maximum atomic E-state index is 11.7. The van der Waals surface area contributed by atoms with E-state index in [1.165, 1.54) is 6.33 Å². The highest BCUT2D eigenvalue weighted by atomic mass is 16.1. The van der Waals surface area contributed by atoms with Gasteiger partial charge in [-0.2, -0.15) is 5.10 Å². The smallest absolute Gasteiger partial charge is 0.220 e. The number of nitrogens with two attached hydrogens (primary N) is 1. The van der Waals surface area contributed by atoms with Crippen molar-refractivity contribution in [1.82, 2.24) is 20.5 Å². The van der Waals surface area contributed by atoms with E-state index in [0.29, 0.717) is 19.4 Å². The fourth-order valence-electron chi connectivity index (χ4n) is 1.93. The molecule has 2 aromatic rings. The largest absolute Gasteiger partial charge is 0.399 e. The van der Waals surface area contributed by atoms with Crippen molar-refractivity contribution in [2.45, 2.75) is 25.7 Å². The van der Waals surface area contributed by atoms with Crippen LogP contribution in [-0.4, -0.2) is 27.6 Å². The number of rotatable bonds is 7. The Morgan fingerprint density at radius 1 is 1.35 bits per heavy atom. The number of aryl methyl sites for hydroxylation is 2.